The number of benzene rings is 1. The maximum atomic E-state index is 12.0. The van der Waals surface area contributed by atoms with Crippen LogP contribution in [0.1, 0.15) is 28.9 Å². The molecular weight excluding hydrogens is 290 g/mol. The zero-order chi connectivity index (χ0) is 16.8. The molecule has 0 radical (unpaired) electrons. The molecule has 1 heterocycles. The summed E-state index contributed by atoms with van der Waals surface area (Å²) in [6.45, 7) is 7.41. The van der Waals surface area contributed by atoms with Gasteiger partial charge in [-0.1, -0.05) is 18.2 Å². The van der Waals surface area contributed by atoms with Gasteiger partial charge in [0.05, 0.1) is 19.3 Å². The van der Waals surface area contributed by atoms with Crippen molar-refractivity contribution in [1.82, 2.24) is 15.1 Å². The van der Waals surface area contributed by atoms with Gasteiger partial charge in [-0.25, -0.2) is 0 Å². The largest absolute Gasteiger partial charge is 0.496 e. The minimum atomic E-state index is 0.0501. The smallest absolute Gasteiger partial charge is 0.220 e. The summed E-state index contributed by atoms with van der Waals surface area (Å²) >= 11 is 0. The van der Waals surface area contributed by atoms with Gasteiger partial charge >= 0.3 is 0 Å². The van der Waals surface area contributed by atoms with Crippen LogP contribution in [-0.2, 0) is 17.8 Å². The Morgan fingerprint density at radius 3 is 2.65 bits per heavy atom. The van der Waals surface area contributed by atoms with Gasteiger partial charge in [-0.05, 0) is 44.4 Å². The number of methoxy groups -OCH3 is 1. The van der Waals surface area contributed by atoms with Gasteiger partial charge < -0.3 is 10.1 Å². The Balaban J connectivity index is 1.78. The van der Waals surface area contributed by atoms with E-state index in [1.165, 1.54) is 5.56 Å². The Morgan fingerprint density at radius 2 is 2.00 bits per heavy atom. The van der Waals surface area contributed by atoms with E-state index >= 15 is 0 Å². The van der Waals surface area contributed by atoms with Crippen LogP contribution < -0.4 is 10.1 Å². The maximum absolute atomic E-state index is 12.0. The zero-order valence-corrected chi connectivity index (χ0v) is 14.3. The summed E-state index contributed by atoms with van der Waals surface area (Å²) in [4.78, 5) is 12.0. The van der Waals surface area contributed by atoms with Crippen molar-refractivity contribution in [2.75, 3.05) is 13.7 Å². The van der Waals surface area contributed by atoms with Crippen molar-refractivity contribution in [3.05, 3.63) is 46.8 Å². The number of ether oxygens (including phenoxy) is 1. The van der Waals surface area contributed by atoms with E-state index in [1.807, 2.05) is 35.9 Å². The fourth-order valence-corrected chi connectivity index (χ4v) is 2.55. The minimum Gasteiger partial charge on any atom is -0.496 e. The van der Waals surface area contributed by atoms with Gasteiger partial charge in [0.2, 0.25) is 5.91 Å². The Bertz CT molecular complexity index is 677. The van der Waals surface area contributed by atoms with Crippen LogP contribution in [0.4, 0.5) is 0 Å². The van der Waals surface area contributed by atoms with Crippen LogP contribution >= 0.6 is 0 Å². The van der Waals surface area contributed by atoms with Crippen molar-refractivity contribution in [1.29, 1.82) is 0 Å². The molecule has 0 unspecified atom stereocenters. The molecule has 0 fully saturated rings. The van der Waals surface area contributed by atoms with Gasteiger partial charge in [0.1, 0.15) is 5.75 Å². The third-order valence-corrected chi connectivity index (χ3v) is 4.20. The highest BCUT2D eigenvalue weighted by Gasteiger charge is 2.08. The van der Waals surface area contributed by atoms with E-state index in [-0.39, 0.29) is 5.91 Å². The molecule has 1 aromatic carbocycles. The monoisotopic (exact) mass is 315 g/mol. The maximum Gasteiger partial charge on any atom is 0.220 e. The summed E-state index contributed by atoms with van der Waals surface area (Å²) < 4.78 is 7.25. The fraction of sp³-hybridized carbons (Fsp3) is 0.444. The van der Waals surface area contributed by atoms with Crippen molar-refractivity contribution >= 4 is 5.91 Å². The molecular formula is C18H25N3O2. The van der Waals surface area contributed by atoms with E-state index in [0.29, 0.717) is 25.9 Å². The summed E-state index contributed by atoms with van der Waals surface area (Å²) in [5, 5.41) is 7.43. The van der Waals surface area contributed by atoms with E-state index in [4.69, 9.17) is 4.74 Å². The Labute approximate surface area is 137 Å². The van der Waals surface area contributed by atoms with Crippen LogP contribution in [0, 0.1) is 20.8 Å². The average Bonchev–Trinajstić information content (AvgIpc) is 2.80. The third-order valence-electron chi connectivity index (χ3n) is 4.20. The second-order valence-electron chi connectivity index (χ2n) is 5.68. The summed E-state index contributed by atoms with van der Waals surface area (Å²) in [5.74, 6) is 0.882. The number of nitrogens with zero attached hydrogens (tertiary/aromatic N) is 2. The average molecular weight is 315 g/mol. The second kappa shape index (κ2) is 7.81. The highest BCUT2D eigenvalue weighted by atomic mass is 16.5. The third kappa shape index (κ3) is 4.34. The molecule has 124 valence electrons. The molecule has 5 heteroatoms. The summed E-state index contributed by atoms with van der Waals surface area (Å²) in [7, 11) is 1.65. The normalized spacial score (nSPS) is 10.6. The molecule has 2 aromatic rings. The number of amides is 1. The Morgan fingerprint density at radius 1 is 1.26 bits per heavy atom. The molecule has 1 aromatic heterocycles. The minimum absolute atomic E-state index is 0.0501. The second-order valence-corrected chi connectivity index (χ2v) is 5.68. The number of aryl methyl sites for hydroxylation is 2. The molecule has 0 aliphatic rings. The van der Waals surface area contributed by atoms with Crippen LogP contribution in [0.2, 0.25) is 0 Å². The first-order valence-electron chi connectivity index (χ1n) is 7.92. The van der Waals surface area contributed by atoms with Crippen molar-refractivity contribution in [3.63, 3.8) is 0 Å². The van der Waals surface area contributed by atoms with Crippen molar-refractivity contribution in [2.45, 2.75) is 40.2 Å². The van der Waals surface area contributed by atoms with Crippen LogP contribution in [0.25, 0.3) is 0 Å². The van der Waals surface area contributed by atoms with Gasteiger partial charge in [-0.2, -0.15) is 5.10 Å². The lowest BCUT2D eigenvalue weighted by atomic mass is 10.1. The van der Waals surface area contributed by atoms with Crippen LogP contribution in [0.5, 0.6) is 5.75 Å². The molecule has 1 N–H and O–H groups in total. The Hall–Kier alpha value is -2.30. The lowest BCUT2D eigenvalue weighted by Crippen LogP contribution is -2.28. The standard InChI is InChI=1S/C18H25N3O2/c1-13-14(2)20-21(15(13)3)12-11-19-18(22)10-9-16-7-5-6-8-17(16)23-4/h5-8H,9-12H2,1-4H3,(H,19,22). The molecule has 23 heavy (non-hydrogen) atoms. The summed E-state index contributed by atoms with van der Waals surface area (Å²) in [6.07, 6.45) is 1.13. The molecule has 2 rings (SSSR count). The highest BCUT2D eigenvalue weighted by Crippen LogP contribution is 2.18. The summed E-state index contributed by atoms with van der Waals surface area (Å²) in [5.41, 5.74) is 4.47. The predicted molar refractivity (Wildman–Crippen MR) is 90.8 cm³/mol. The van der Waals surface area contributed by atoms with Crippen LogP contribution in [0.3, 0.4) is 0 Å². The predicted octanol–water partition coefficient (Wildman–Crippen LogP) is 2.57. The number of rotatable bonds is 7. The van der Waals surface area contributed by atoms with Crippen molar-refractivity contribution in [2.24, 2.45) is 0 Å². The number of hydrogen-bond acceptors (Lipinski definition) is 3. The van der Waals surface area contributed by atoms with Gasteiger partial charge in [0.25, 0.3) is 0 Å². The van der Waals surface area contributed by atoms with Gasteiger partial charge in [0, 0.05) is 18.7 Å². The van der Waals surface area contributed by atoms with Crippen LogP contribution in [0.15, 0.2) is 24.3 Å². The molecule has 0 bridgehead atoms. The number of aromatic nitrogens is 2. The molecule has 0 saturated carbocycles. The van der Waals surface area contributed by atoms with Crippen molar-refractivity contribution in [3.8, 4) is 5.75 Å². The molecule has 0 saturated heterocycles. The quantitative estimate of drug-likeness (QED) is 0.854. The van der Waals surface area contributed by atoms with E-state index in [0.717, 1.165) is 22.7 Å². The fourth-order valence-electron chi connectivity index (χ4n) is 2.55. The van der Waals surface area contributed by atoms with Gasteiger partial charge in [0.15, 0.2) is 0 Å². The Kier molecular flexibility index (Phi) is 5.79. The molecule has 0 spiro atoms. The molecule has 0 aliphatic carbocycles. The first-order valence-corrected chi connectivity index (χ1v) is 7.92. The van der Waals surface area contributed by atoms with E-state index in [2.05, 4.69) is 24.3 Å². The number of carbonyl (C=O) groups excluding carboxylic acids is 1. The first-order chi connectivity index (χ1) is 11.0. The molecule has 0 atom stereocenters. The molecule has 1 amide bonds. The van der Waals surface area contributed by atoms with Crippen molar-refractivity contribution < 1.29 is 9.53 Å². The van der Waals surface area contributed by atoms with Crippen LogP contribution in [-0.4, -0.2) is 29.3 Å². The number of nitrogens with one attached hydrogen (secondary N) is 1. The molecule has 0 aliphatic heterocycles. The first kappa shape index (κ1) is 17.1. The topological polar surface area (TPSA) is 56.1 Å². The summed E-state index contributed by atoms with van der Waals surface area (Å²) in [6, 6.07) is 7.79. The van der Waals surface area contributed by atoms with Gasteiger partial charge in [-0.3, -0.25) is 9.48 Å². The lowest BCUT2D eigenvalue weighted by Gasteiger charge is -2.09. The van der Waals surface area contributed by atoms with E-state index in [9.17, 15) is 4.79 Å². The lowest BCUT2D eigenvalue weighted by molar-refractivity contribution is -0.121. The zero-order valence-electron chi connectivity index (χ0n) is 14.3. The molecule has 5 nitrogen and oxygen atoms in total. The number of carbonyl (C=O) groups is 1. The van der Waals surface area contributed by atoms with E-state index in [1.54, 1.807) is 7.11 Å². The highest BCUT2D eigenvalue weighted by molar-refractivity contribution is 5.76. The SMILES string of the molecule is COc1ccccc1CCC(=O)NCCn1nc(C)c(C)c1C. The van der Waals surface area contributed by atoms with Gasteiger partial charge in [-0.15, -0.1) is 0 Å². The number of para-hydroxylation sites is 1. The van der Waals surface area contributed by atoms with E-state index < -0.39 is 0 Å². The number of hydrogen-bond donors (Lipinski definition) is 1.